The molecule has 2 unspecified atom stereocenters. The number of nitrogens with zero attached hydrogens (tertiary/aromatic N) is 2. The van der Waals surface area contributed by atoms with Gasteiger partial charge in [-0.1, -0.05) is 0 Å². The number of carboxylic acid groups (broad SMARTS) is 1. The van der Waals surface area contributed by atoms with Crippen LogP contribution in [0.3, 0.4) is 0 Å². The van der Waals surface area contributed by atoms with Crippen molar-refractivity contribution in [3.63, 3.8) is 0 Å². The van der Waals surface area contributed by atoms with Crippen LogP contribution in [0.4, 0.5) is 0 Å². The van der Waals surface area contributed by atoms with Crippen molar-refractivity contribution in [2.24, 2.45) is 5.73 Å². The molecule has 18 heavy (non-hydrogen) atoms. The largest absolute Gasteiger partial charge is 0.480 e. The highest BCUT2D eigenvalue weighted by atomic mass is 16.4. The number of hydrogen-bond acceptors (Lipinski definition) is 4. The molecule has 3 N–H and O–H groups in total. The standard InChI is InChI=1S/C13H25N3O2/c1-15-7-4-10(5-8-15)16(2)11-3-6-13(14,9-11)12(17)18/h10-11H,3-9,14H2,1-2H3,(H,17,18). The van der Waals surface area contributed by atoms with Crippen LogP contribution < -0.4 is 5.73 Å². The fraction of sp³-hybridized carbons (Fsp3) is 0.923. The number of piperidine rings is 1. The predicted molar refractivity (Wildman–Crippen MR) is 70.5 cm³/mol. The van der Waals surface area contributed by atoms with E-state index < -0.39 is 11.5 Å². The summed E-state index contributed by atoms with van der Waals surface area (Å²) in [6, 6.07) is 0.918. The number of likely N-dealkylation sites (tertiary alicyclic amines) is 1. The quantitative estimate of drug-likeness (QED) is 0.761. The van der Waals surface area contributed by atoms with Gasteiger partial charge in [0.05, 0.1) is 0 Å². The lowest BCUT2D eigenvalue weighted by Crippen LogP contribution is -2.49. The van der Waals surface area contributed by atoms with Gasteiger partial charge in [-0.05, 0) is 59.3 Å². The Morgan fingerprint density at radius 3 is 2.44 bits per heavy atom. The minimum atomic E-state index is -0.996. The van der Waals surface area contributed by atoms with Gasteiger partial charge in [-0.3, -0.25) is 4.79 Å². The lowest BCUT2D eigenvalue weighted by atomic mass is 9.98. The third-order valence-electron chi connectivity index (χ3n) is 4.79. The molecule has 1 heterocycles. The van der Waals surface area contributed by atoms with E-state index >= 15 is 0 Å². The zero-order chi connectivity index (χ0) is 13.3. The van der Waals surface area contributed by atoms with Gasteiger partial charge in [0.2, 0.25) is 0 Å². The molecule has 5 nitrogen and oxygen atoms in total. The van der Waals surface area contributed by atoms with Gasteiger partial charge in [0.1, 0.15) is 5.54 Å². The maximum absolute atomic E-state index is 11.2. The summed E-state index contributed by atoms with van der Waals surface area (Å²) in [5.74, 6) is -0.846. The van der Waals surface area contributed by atoms with Gasteiger partial charge >= 0.3 is 5.97 Å². The van der Waals surface area contributed by atoms with Gasteiger partial charge in [-0.15, -0.1) is 0 Å². The lowest BCUT2D eigenvalue weighted by Gasteiger charge is -2.38. The summed E-state index contributed by atoms with van der Waals surface area (Å²) in [4.78, 5) is 15.9. The smallest absolute Gasteiger partial charge is 0.323 e. The summed E-state index contributed by atoms with van der Waals surface area (Å²) < 4.78 is 0. The molecular weight excluding hydrogens is 230 g/mol. The first-order valence-corrected chi connectivity index (χ1v) is 6.85. The van der Waals surface area contributed by atoms with Crippen LogP contribution in [0.2, 0.25) is 0 Å². The first kappa shape index (κ1) is 13.8. The Kier molecular flexibility index (Phi) is 3.94. The molecule has 5 heteroatoms. The molecule has 2 fully saturated rings. The second kappa shape index (κ2) is 5.15. The van der Waals surface area contributed by atoms with Crippen molar-refractivity contribution in [3.8, 4) is 0 Å². The molecule has 2 aliphatic rings. The summed E-state index contributed by atoms with van der Waals surface area (Å²) in [5.41, 5.74) is 4.95. The molecule has 0 aromatic carbocycles. The molecule has 0 radical (unpaired) electrons. The van der Waals surface area contributed by atoms with E-state index in [0.717, 1.165) is 19.5 Å². The van der Waals surface area contributed by atoms with Crippen molar-refractivity contribution < 1.29 is 9.90 Å². The third-order valence-corrected chi connectivity index (χ3v) is 4.79. The normalized spacial score (nSPS) is 35.2. The first-order chi connectivity index (χ1) is 8.42. The van der Waals surface area contributed by atoms with Crippen LogP contribution in [-0.2, 0) is 4.79 Å². The SMILES string of the molecule is CN1CCC(N(C)C2CCC(N)(C(=O)O)C2)CC1. The Hall–Kier alpha value is -0.650. The number of carboxylic acids is 1. The second-order valence-corrected chi connectivity index (χ2v) is 6.06. The molecule has 104 valence electrons. The highest BCUT2D eigenvalue weighted by molar-refractivity contribution is 5.79. The Bertz CT molecular complexity index is 315. The molecule has 1 saturated heterocycles. The van der Waals surface area contributed by atoms with E-state index in [2.05, 4.69) is 23.9 Å². The Morgan fingerprint density at radius 1 is 1.33 bits per heavy atom. The molecule has 2 rings (SSSR count). The Balaban J connectivity index is 1.91. The predicted octanol–water partition coefficient (Wildman–Crippen LogP) is 0.347. The summed E-state index contributed by atoms with van der Waals surface area (Å²) in [6.45, 7) is 2.27. The molecule has 0 aromatic heterocycles. The highest BCUT2D eigenvalue weighted by Crippen LogP contribution is 2.33. The number of hydrogen-bond donors (Lipinski definition) is 2. The fourth-order valence-electron chi connectivity index (χ4n) is 3.29. The monoisotopic (exact) mass is 255 g/mol. The van der Waals surface area contributed by atoms with Gasteiger partial charge in [0, 0.05) is 12.1 Å². The van der Waals surface area contributed by atoms with Gasteiger partial charge in [-0.25, -0.2) is 0 Å². The molecule has 1 aliphatic heterocycles. The minimum Gasteiger partial charge on any atom is -0.480 e. The second-order valence-electron chi connectivity index (χ2n) is 6.06. The van der Waals surface area contributed by atoms with E-state index in [-0.39, 0.29) is 0 Å². The molecule has 1 saturated carbocycles. The molecule has 2 atom stereocenters. The highest BCUT2D eigenvalue weighted by Gasteiger charge is 2.44. The van der Waals surface area contributed by atoms with E-state index in [4.69, 9.17) is 10.8 Å². The maximum Gasteiger partial charge on any atom is 0.323 e. The third kappa shape index (κ3) is 2.68. The average molecular weight is 255 g/mol. The van der Waals surface area contributed by atoms with Gasteiger partial charge in [-0.2, -0.15) is 0 Å². The summed E-state index contributed by atoms with van der Waals surface area (Å²) in [7, 11) is 4.29. The van der Waals surface area contributed by atoms with Gasteiger partial charge in [0.15, 0.2) is 0 Å². The number of rotatable bonds is 3. The number of carbonyl (C=O) groups is 1. The summed E-state index contributed by atoms with van der Waals surface area (Å²) in [5, 5.41) is 9.17. The molecule has 1 aliphatic carbocycles. The topological polar surface area (TPSA) is 69.8 Å². The van der Waals surface area contributed by atoms with Crippen molar-refractivity contribution in [1.82, 2.24) is 9.80 Å². The fourth-order valence-corrected chi connectivity index (χ4v) is 3.29. The zero-order valence-corrected chi connectivity index (χ0v) is 11.4. The van der Waals surface area contributed by atoms with Crippen molar-refractivity contribution in [2.45, 2.75) is 49.7 Å². The van der Waals surface area contributed by atoms with Crippen molar-refractivity contribution in [1.29, 1.82) is 0 Å². The van der Waals surface area contributed by atoms with Crippen molar-refractivity contribution in [3.05, 3.63) is 0 Å². The average Bonchev–Trinajstić information content (AvgIpc) is 2.73. The van der Waals surface area contributed by atoms with Crippen molar-refractivity contribution in [2.75, 3.05) is 27.2 Å². The number of nitrogens with two attached hydrogens (primary N) is 1. The van der Waals surface area contributed by atoms with Crippen LogP contribution >= 0.6 is 0 Å². The lowest BCUT2D eigenvalue weighted by molar-refractivity contribution is -0.143. The van der Waals surface area contributed by atoms with Crippen LogP contribution in [0.1, 0.15) is 32.1 Å². The maximum atomic E-state index is 11.2. The molecular formula is C13H25N3O2. The summed E-state index contributed by atoms with van der Waals surface area (Å²) >= 11 is 0. The van der Waals surface area contributed by atoms with Crippen LogP contribution in [0, 0.1) is 0 Å². The van der Waals surface area contributed by atoms with Crippen molar-refractivity contribution >= 4 is 5.97 Å². The molecule has 0 spiro atoms. The van der Waals surface area contributed by atoms with Crippen LogP contribution in [0.5, 0.6) is 0 Å². The van der Waals surface area contributed by atoms with Crippen LogP contribution in [-0.4, -0.2) is 65.7 Å². The van der Waals surface area contributed by atoms with E-state index in [1.165, 1.54) is 12.8 Å². The van der Waals surface area contributed by atoms with E-state index in [0.29, 0.717) is 24.9 Å². The molecule has 0 bridgehead atoms. The van der Waals surface area contributed by atoms with E-state index in [1.54, 1.807) is 0 Å². The molecule has 0 aromatic rings. The van der Waals surface area contributed by atoms with Crippen LogP contribution in [0.25, 0.3) is 0 Å². The van der Waals surface area contributed by atoms with E-state index in [9.17, 15) is 4.79 Å². The van der Waals surface area contributed by atoms with Gasteiger partial charge in [0.25, 0.3) is 0 Å². The van der Waals surface area contributed by atoms with E-state index in [1.807, 2.05) is 0 Å². The Labute approximate surface area is 109 Å². The summed E-state index contributed by atoms with van der Waals surface area (Å²) in [6.07, 6.45) is 4.45. The number of aliphatic carboxylic acids is 1. The first-order valence-electron chi connectivity index (χ1n) is 6.85. The minimum absolute atomic E-state index is 0.333. The van der Waals surface area contributed by atoms with Gasteiger partial charge < -0.3 is 20.6 Å². The molecule has 0 amide bonds. The zero-order valence-electron chi connectivity index (χ0n) is 11.4. The van der Waals surface area contributed by atoms with Crippen LogP contribution in [0.15, 0.2) is 0 Å². The Morgan fingerprint density at radius 2 is 1.94 bits per heavy atom.